The minimum atomic E-state index is -0.613. The Morgan fingerprint density at radius 1 is 1.62 bits per heavy atom. The van der Waals surface area contributed by atoms with E-state index in [0.29, 0.717) is 25.6 Å². The Kier molecular flexibility index (Phi) is 5.08. The lowest BCUT2D eigenvalue weighted by atomic mass is 9.94. The topological polar surface area (TPSA) is 102 Å². The summed E-state index contributed by atoms with van der Waals surface area (Å²) in [6, 6.07) is 1.26. The predicted molar refractivity (Wildman–Crippen MR) is 78.2 cm³/mol. The Morgan fingerprint density at radius 2 is 2.38 bits per heavy atom. The van der Waals surface area contributed by atoms with E-state index >= 15 is 0 Å². The normalized spacial score (nSPS) is 18.6. The summed E-state index contributed by atoms with van der Waals surface area (Å²) in [5.74, 6) is -0.0169. The van der Waals surface area contributed by atoms with Crippen LogP contribution in [0.1, 0.15) is 29.6 Å². The minimum Gasteiger partial charge on any atom is -0.338 e. The number of halogens is 1. The molecule has 8 heteroatoms. The summed E-state index contributed by atoms with van der Waals surface area (Å²) in [6.45, 7) is 1.75. The highest BCUT2D eigenvalue weighted by molar-refractivity contribution is 6.29. The van der Waals surface area contributed by atoms with Crippen LogP contribution < -0.4 is 5.73 Å². The van der Waals surface area contributed by atoms with Crippen LogP contribution in [0.5, 0.6) is 0 Å². The standard InChI is InChI=1S/C13H17ClN4O3/c14-12-6-10(11(7-16-12)18(20)21)13(19)17-5-1-2-9(8-17)3-4-15/h6-7,9H,1-5,8,15H2. The van der Waals surface area contributed by atoms with Gasteiger partial charge in [0.25, 0.3) is 11.6 Å². The molecule has 2 rings (SSSR count). The number of likely N-dealkylation sites (tertiary alicyclic amines) is 1. The van der Waals surface area contributed by atoms with Crippen LogP contribution in [-0.4, -0.2) is 40.3 Å². The van der Waals surface area contributed by atoms with Gasteiger partial charge in [-0.1, -0.05) is 11.6 Å². The zero-order chi connectivity index (χ0) is 15.4. The van der Waals surface area contributed by atoms with Gasteiger partial charge >= 0.3 is 0 Å². The molecule has 21 heavy (non-hydrogen) atoms. The van der Waals surface area contributed by atoms with E-state index in [1.807, 2.05) is 0 Å². The molecule has 0 aliphatic carbocycles. The molecule has 1 atom stereocenters. The van der Waals surface area contributed by atoms with Crippen molar-refractivity contribution in [2.24, 2.45) is 11.7 Å². The number of aromatic nitrogens is 1. The van der Waals surface area contributed by atoms with Crippen molar-refractivity contribution < 1.29 is 9.72 Å². The number of nitrogens with zero attached hydrogens (tertiary/aromatic N) is 3. The van der Waals surface area contributed by atoms with Crippen molar-refractivity contribution in [3.63, 3.8) is 0 Å². The van der Waals surface area contributed by atoms with E-state index in [9.17, 15) is 14.9 Å². The van der Waals surface area contributed by atoms with Crippen LogP contribution in [0.15, 0.2) is 12.3 Å². The average molecular weight is 313 g/mol. The lowest BCUT2D eigenvalue weighted by Gasteiger charge is -2.32. The number of carbonyl (C=O) groups is 1. The Labute approximate surface area is 127 Å². The third-order valence-electron chi connectivity index (χ3n) is 3.66. The first-order valence-electron chi connectivity index (χ1n) is 6.82. The van der Waals surface area contributed by atoms with E-state index in [-0.39, 0.29) is 22.3 Å². The summed E-state index contributed by atoms with van der Waals surface area (Å²) < 4.78 is 0. The lowest BCUT2D eigenvalue weighted by Crippen LogP contribution is -2.40. The molecule has 1 saturated heterocycles. The van der Waals surface area contributed by atoms with Crippen molar-refractivity contribution in [3.05, 3.63) is 33.1 Å². The van der Waals surface area contributed by atoms with Gasteiger partial charge < -0.3 is 10.6 Å². The number of pyridine rings is 1. The number of rotatable bonds is 4. The summed E-state index contributed by atoms with van der Waals surface area (Å²) in [7, 11) is 0. The first-order chi connectivity index (χ1) is 10.0. The smallest absolute Gasteiger partial charge is 0.300 e. The van der Waals surface area contributed by atoms with E-state index in [4.69, 9.17) is 17.3 Å². The summed E-state index contributed by atoms with van der Waals surface area (Å²) in [6.07, 6.45) is 3.78. The second-order valence-corrected chi connectivity index (χ2v) is 5.51. The summed E-state index contributed by atoms with van der Waals surface area (Å²) in [5.41, 5.74) is 5.24. The van der Waals surface area contributed by atoms with Crippen molar-refractivity contribution in [2.45, 2.75) is 19.3 Å². The number of hydrogen-bond acceptors (Lipinski definition) is 5. The maximum Gasteiger partial charge on any atom is 0.300 e. The lowest BCUT2D eigenvalue weighted by molar-refractivity contribution is -0.385. The Balaban J connectivity index is 2.23. The highest BCUT2D eigenvalue weighted by Gasteiger charge is 2.29. The molecule has 1 aliphatic heterocycles. The molecule has 0 bridgehead atoms. The van der Waals surface area contributed by atoms with Gasteiger partial charge in [0.1, 0.15) is 16.9 Å². The molecule has 1 fully saturated rings. The SMILES string of the molecule is NCCC1CCCN(C(=O)c2cc(Cl)ncc2[N+](=O)[O-])C1. The number of piperidine rings is 1. The number of amides is 1. The fraction of sp³-hybridized carbons (Fsp3) is 0.538. The van der Waals surface area contributed by atoms with Gasteiger partial charge in [0, 0.05) is 13.1 Å². The van der Waals surface area contributed by atoms with E-state index in [0.717, 1.165) is 25.5 Å². The van der Waals surface area contributed by atoms with Crippen LogP contribution >= 0.6 is 11.6 Å². The van der Waals surface area contributed by atoms with Crippen LogP contribution in [0.25, 0.3) is 0 Å². The summed E-state index contributed by atoms with van der Waals surface area (Å²) >= 11 is 5.76. The second kappa shape index (κ2) is 6.82. The first-order valence-corrected chi connectivity index (χ1v) is 7.20. The van der Waals surface area contributed by atoms with Gasteiger partial charge in [-0.05, 0) is 37.8 Å². The highest BCUT2D eigenvalue weighted by Crippen LogP contribution is 2.25. The van der Waals surface area contributed by atoms with E-state index in [1.54, 1.807) is 4.90 Å². The van der Waals surface area contributed by atoms with Gasteiger partial charge in [0.15, 0.2) is 0 Å². The third kappa shape index (κ3) is 3.68. The molecule has 2 N–H and O–H groups in total. The van der Waals surface area contributed by atoms with Gasteiger partial charge in [-0.15, -0.1) is 0 Å². The zero-order valence-corrected chi connectivity index (χ0v) is 12.3. The number of nitro groups is 1. The van der Waals surface area contributed by atoms with Gasteiger partial charge in [0.05, 0.1) is 4.92 Å². The summed E-state index contributed by atoms with van der Waals surface area (Å²) in [5, 5.41) is 11.1. The van der Waals surface area contributed by atoms with Crippen molar-refractivity contribution in [3.8, 4) is 0 Å². The van der Waals surface area contributed by atoms with Crippen molar-refractivity contribution in [2.75, 3.05) is 19.6 Å². The van der Waals surface area contributed by atoms with E-state index in [2.05, 4.69) is 4.98 Å². The van der Waals surface area contributed by atoms with Gasteiger partial charge in [-0.2, -0.15) is 0 Å². The zero-order valence-electron chi connectivity index (χ0n) is 11.5. The van der Waals surface area contributed by atoms with Crippen LogP contribution in [0.4, 0.5) is 5.69 Å². The summed E-state index contributed by atoms with van der Waals surface area (Å²) in [4.78, 5) is 28.3. The molecule has 0 radical (unpaired) electrons. The molecule has 114 valence electrons. The first kappa shape index (κ1) is 15.7. The molecule has 1 aromatic heterocycles. The van der Waals surface area contributed by atoms with Crippen LogP contribution in [0, 0.1) is 16.0 Å². The predicted octanol–water partition coefficient (Wildman–Crippen LogP) is 1.84. The molecule has 1 amide bonds. The van der Waals surface area contributed by atoms with Crippen molar-refractivity contribution >= 4 is 23.2 Å². The molecular formula is C13H17ClN4O3. The Bertz CT molecular complexity index is 550. The third-order valence-corrected chi connectivity index (χ3v) is 3.86. The largest absolute Gasteiger partial charge is 0.338 e. The molecule has 1 aliphatic rings. The van der Waals surface area contributed by atoms with Crippen molar-refractivity contribution in [1.29, 1.82) is 0 Å². The number of nitrogens with two attached hydrogens (primary N) is 1. The van der Waals surface area contributed by atoms with Crippen LogP contribution in [-0.2, 0) is 0 Å². The fourth-order valence-corrected chi connectivity index (χ4v) is 2.79. The molecular weight excluding hydrogens is 296 g/mol. The number of hydrogen-bond donors (Lipinski definition) is 1. The molecule has 0 aromatic carbocycles. The van der Waals surface area contributed by atoms with Crippen LogP contribution in [0.3, 0.4) is 0 Å². The van der Waals surface area contributed by atoms with Gasteiger partial charge in [-0.3, -0.25) is 14.9 Å². The average Bonchev–Trinajstić information content (AvgIpc) is 2.46. The van der Waals surface area contributed by atoms with E-state index < -0.39 is 4.92 Å². The van der Waals surface area contributed by atoms with E-state index in [1.165, 1.54) is 6.07 Å². The highest BCUT2D eigenvalue weighted by atomic mass is 35.5. The second-order valence-electron chi connectivity index (χ2n) is 5.12. The maximum absolute atomic E-state index is 12.5. The molecule has 0 spiro atoms. The molecule has 1 unspecified atom stereocenters. The molecule has 7 nitrogen and oxygen atoms in total. The Morgan fingerprint density at radius 3 is 3.05 bits per heavy atom. The van der Waals surface area contributed by atoms with Crippen LogP contribution in [0.2, 0.25) is 5.15 Å². The quantitative estimate of drug-likeness (QED) is 0.519. The van der Waals surface area contributed by atoms with Crippen molar-refractivity contribution in [1.82, 2.24) is 9.88 Å². The van der Waals surface area contributed by atoms with Gasteiger partial charge in [-0.25, -0.2) is 4.98 Å². The number of carbonyl (C=O) groups excluding carboxylic acids is 1. The molecule has 2 heterocycles. The minimum absolute atomic E-state index is 0.00611. The molecule has 1 aromatic rings. The maximum atomic E-state index is 12.5. The Hall–Kier alpha value is -1.73. The monoisotopic (exact) mass is 312 g/mol. The van der Waals surface area contributed by atoms with Gasteiger partial charge in [0.2, 0.25) is 0 Å². The molecule has 0 saturated carbocycles. The fourth-order valence-electron chi connectivity index (χ4n) is 2.63.